The number of carbonyl (C=O) groups excluding carboxylic acids is 1. The van der Waals surface area contributed by atoms with Crippen molar-refractivity contribution in [1.82, 2.24) is 14.8 Å². The third-order valence-corrected chi connectivity index (χ3v) is 5.21. The molecule has 1 aromatic heterocycles. The summed E-state index contributed by atoms with van der Waals surface area (Å²) in [6, 6.07) is 9.54. The van der Waals surface area contributed by atoms with Gasteiger partial charge in [0.1, 0.15) is 10.7 Å². The number of aliphatic carboxylic acids is 1. The van der Waals surface area contributed by atoms with Gasteiger partial charge < -0.3 is 14.9 Å². The summed E-state index contributed by atoms with van der Waals surface area (Å²) in [6.45, 7) is 1.30. The number of carbonyl (C=O) groups is 2. The molecule has 0 radical (unpaired) electrons. The van der Waals surface area contributed by atoms with Crippen LogP contribution in [0.2, 0.25) is 0 Å². The van der Waals surface area contributed by atoms with Gasteiger partial charge in [0.2, 0.25) is 0 Å². The van der Waals surface area contributed by atoms with Gasteiger partial charge in [-0.2, -0.15) is 0 Å². The molecular weight excluding hydrogens is 338 g/mol. The molecule has 0 unspecified atom stereocenters. The van der Waals surface area contributed by atoms with Crippen molar-refractivity contribution in [2.45, 2.75) is 12.5 Å². The molecule has 1 aromatic carbocycles. The number of benzene rings is 1. The highest BCUT2D eigenvalue weighted by atomic mass is 32.1. The molecule has 2 aromatic rings. The highest BCUT2D eigenvalue weighted by Gasteiger charge is 2.41. The molecule has 0 aliphatic carbocycles. The van der Waals surface area contributed by atoms with Crippen molar-refractivity contribution in [1.29, 1.82) is 0 Å². The average molecular weight is 359 g/mol. The molecule has 7 heteroatoms. The smallest absolute Gasteiger partial charge is 0.308 e. The quantitative estimate of drug-likeness (QED) is 0.885. The number of rotatable bonds is 5. The van der Waals surface area contributed by atoms with Gasteiger partial charge in [0.05, 0.1) is 5.92 Å². The predicted molar refractivity (Wildman–Crippen MR) is 95.7 cm³/mol. The van der Waals surface area contributed by atoms with Gasteiger partial charge in [-0.25, -0.2) is 4.98 Å². The maximum Gasteiger partial charge on any atom is 0.308 e. The van der Waals surface area contributed by atoms with E-state index in [-0.39, 0.29) is 18.4 Å². The molecule has 1 aliphatic rings. The van der Waals surface area contributed by atoms with Crippen LogP contribution >= 0.6 is 11.3 Å². The summed E-state index contributed by atoms with van der Waals surface area (Å²) in [7, 11) is 3.90. The lowest BCUT2D eigenvalue weighted by Crippen LogP contribution is -2.30. The minimum Gasteiger partial charge on any atom is -0.481 e. The molecule has 3 rings (SSSR count). The van der Waals surface area contributed by atoms with E-state index >= 15 is 0 Å². The minimum atomic E-state index is -0.865. The highest BCUT2D eigenvalue weighted by Crippen LogP contribution is 2.33. The Bertz CT molecular complexity index is 760. The highest BCUT2D eigenvalue weighted by molar-refractivity contribution is 7.09. The lowest BCUT2D eigenvalue weighted by atomic mass is 9.89. The first-order valence-corrected chi connectivity index (χ1v) is 9.00. The van der Waals surface area contributed by atoms with Gasteiger partial charge in [0.25, 0.3) is 5.91 Å². The Morgan fingerprint density at radius 3 is 2.64 bits per heavy atom. The van der Waals surface area contributed by atoms with Gasteiger partial charge >= 0.3 is 5.97 Å². The molecule has 0 bridgehead atoms. The Kier molecular flexibility index (Phi) is 5.15. The maximum absolute atomic E-state index is 12.8. The van der Waals surface area contributed by atoms with Crippen molar-refractivity contribution in [2.75, 3.05) is 27.2 Å². The minimum absolute atomic E-state index is 0.189. The van der Waals surface area contributed by atoms with Crippen LogP contribution in [0.4, 0.5) is 0 Å². The van der Waals surface area contributed by atoms with Crippen molar-refractivity contribution in [3.8, 4) is 0 Å². The van der Waals surface area contributed by atoms with Crippen LogP contribution in [0.3, 0.4) is 0 Å². The van der Waals surface area contributed by atoms with Crippen LogP contribution in [-0.2, 0) is 11.3 Å². The average Bonchev–Trinajstić information content (AvgIpc) is 3.21. The number of likely N-dealkylation sites (tertiary alicyclic amines) is 1. The molecule has 2 atom stereocenters. The lowest BCUT2D eigenvalue weighted by Gasteiger charge is -2.15. The summed E-state index contributed by atoms with van der Waals surface area (Å²) in [5.41, 5.74) is 1.36. The lowest BCUT2D eigenvalue weighted by molar-refractivity contribution is -0.141. The second-order valence-electron chi connectivity index (χ2n) is 6.54. The zero-order chi connectivity index (χ0) is 18.0. The van der Waals surface area contributed by atoms with Crippen LogP contribution in [0.1, 0.15) is 27.0 Å². The van der Waals surface area contributed by atoms with Gasteiger partial charge in [-0.1, -0.05) is 30.3 Å². The molecule has 1 aliphatic heterocycles. The summed E-state index contributed by atoms with van der Waals surface area (Å²) < 4.78 is 0. The molecule has 25 heavy (non-hydrogen) atoms. The number of nitrogens with zero attached hydrogens (tertiary/aromatic N) is 3. The largest absolute Gasteiger partial charge is 0.481 e. The molecule has 132 valence electrons. The molecule has 1 fully saturated rings. The summed E-state index contributed by atoms with van der Waals surface area (Å²) in [4.78, 5) is 32.4. The summed E-state index contributed by atoms with van der Waals surface area (Å²) >= 11 is 1.45. The molecular formula is C18H21N3O3S. The zero-order valence-electron chi connectivity index (χ0n) is 14.3. The van der Waals surface area contributed by atoms with Crippen LogP contribution in [0.5, 0.6) is 0 Å². The monoisotopic (exact) mass is 359 g/mol. The molecule has 1 saturated heterocycles. The first kappa shape index (κ1) is 17.6. The Labute approximate surface area is 150 Å². The maximum atomic E-state index is 12.8. The first-order valence-electron chi connectivity index (χ1n) is 8.12. The van der Waals surface area contributed by atoms with Gasteiger partial charge in [0, 0.05) is 30.9 Å². The third-order valence-electron chi connectivity index (χ3n) is 4.37. The topological polar surface area (TPSA) is 73.7 Å². The van der Waals surface area contributed by atoms with Crippen LogP contribution in [0.25, 0.3) is 0 Å². The fourth-order valence-electron chi connectivity index (χ4n) is 3.17. The van der Waals surface area contributed by atoms with Crippen molar-refractivity contribution in [3.05, 3.63) is 52.0 Å². The van der Waals surface area contributed by atoms with Crippen molar-refractivity contribution < 1.29 is 14.7 Å². The van der Waals surface area contributed by atoms with Crippen molar-refractivity contribution >= 4 is 23.2 Å². The van der Waals surface area contributed by atoms with E-state index in [2.05, 4.69) is 4.98 Å². The molecule has 0 saturated carbocycles. The number of carboxylic acid groups (broad SMARTS) is 1. The number of amides is 1. The number of aromatic nitrogens is 1. The summed E-state index contributed by atoms with van der Waals surface area (Å²) in [5.74, 6) is -1.84. The van der Waals surface area contributed by atoms with E-state index < -0.39 is 11.9 Å². The van der Waals surface area contributed by atoms with E-state index in [4.69, 9.17) is 0 Å². The molecule has 0 spiro atoms. The van der Waals surface area contributed by atoms with Gasteiger partial charge in [-0.05, 0) is 19.7 Å². The predicted octanol–water partition coefficient (Wildman–Crippen LogP) is 2.15. The summed E-state index contributed by atoms with van der Waals surface area (Å²) in [5, 5.41) is 12.2. The number of carboxylic acids is 1. The second kappa shape index (κ2) is 7.33. The molecule has 2 heterocycles. The normalized spacial score (nSPS) is 20.2. The van der Waals surface area contributed by atoms with E-state index in [1.165, 1.54) is 11.3 Å². The number of hydrogen-bond acceptors (Lipinski definition) is 5. The molecule has 1 N–H and O–H groups in total. The van der Waals surface area contributed by atoms with Crippen LogP contribution in [0, 0.1) is 5.92 Å². The van der Waals surface area contributed by atoms with Crippen LogP contribution < -0.4 is 0 Å². The van der Waals surface area contributed by atoms with Crippen molar-refractivity contribution in [3.63, 3.8) is 0 Å². The van der Waals surface area contributed by atoms with Gasteiger partial charge in [-0.3, -0.25) is 9.59 Å². The Balaban J connectivity index is 1.78. The van der Waals surface area contributed by atoms with E-state index in [1.807, 2.05) is 49.3 Å². The zero-order valence-corrected chi connectivity index (χ0v) is 15.1. The van der Waals surface area contributed by atoms with Gasteiger partial charge in [-0.15, -0.1) is 11.3 Å². The Morgan fingerprint density at radius 2 is 2.00 bits per heavy atom. The number of thiazole rings is 1. The molecule has 6 nitrogen and oxygen atoms in total. The van der Waals surface area contributed by atoms with E-state index in [1.54, 1.807) is 10.3 Å². The van der Waals surface area contributed by atoms with E-state index in [9.17, 15) is 14.7 Å². The van der Waals surface area contributed by atoms with E-state index in [0.717, 1.165) is 10.6 Å². The van der Waals surface area contributed by atoms with Gasteiger partial charge in [0.15, 0.2) is 0 Å². The standard InChI is InChI=1S/C18H21N3O3S/c1-20(2)10-16-19-15(11-25-16)17(22)21-8-13(14(9-21)18(23)24)12-6-4-3-5-7-12/h3-7,11,13-14H,8-10H2,1-2H3,(H,23,24)/t13-,14+/m0/s1. The fraction of sp³-hybridized carbons (Fsp3) is 0.389. The first-order chi connectivity index (χ1) is 12.0. The SMILES string of the molecule is CN(C)Cc1nc(C(=O)N2C[C@@H](C(=O)O)[C@H](c3ccccc3)C2)cs1. The second-order valence-corrected chi connectivity index (χ2v) is 7.48. The van der Waals surface area contributed by atoms with Crippen LogP contribution in [0.15, 0.2) is 35.7 Å². The summed E-state index contributed by atoms with van der Waals surface area (Å²) in [6.07, 6.45) is 0. The Morgan fingerprint density at radius 1 is 1.28 bits per heavy atom. The van der Waals surface area contributed by atoms with Crippen molar-refractivity contribution in [2.24, 2.45) is 5.92 Å². The number of hydrogen-bond donors (Lipinski definition) is 1. The third kappa shape index (κ3) is 3.88. The van der Waals surface area contributed by atoms with Crippen LogP contribution in [-0.4, -0.2) is 59.0 Å². The van der Waals surface area contributed by atoms with E-state index in [0.29, 0.717) is 18.8 Å². The molecule has 1 amide bonds. The Hall–Kier alpha value is -2.25. The fourth-order valence-corrected chi connectivity index (χ4v) is 4.06.